The molecule has 3 N–H and O–H groups in total. The van der Waals surface area contributed by atoms with E-state index in [1.54, 1.807) is 18.2 Å². The van der Waals surface area contributed by atoms with Crippen molar-refractivity contribution in [2.75, 3.05) is 31.2 Å². The highest BCUT2D eigenvalue weighted by molar-refractivity contribution is 5.92. The smallest absolute Gasteiger partial charge is 0.390 e. The topological polar surface area (TPSA) is 58.4 Å². The van der Waals surface area contributed by atoms with Gasteiger partial charge in [0, 0.05) is 17.9 Å². The molecule has 0 heterocycles. The number of amides is 1. The van der Waals surface area contributed by atoms with Gasteiger partial charge in [0.1, 0.15) is 0 Å². The van der Waals surface area contributed by atoms with E-state index in [9.17, 15) is 18.0 Å². The first-order valence-corrected chi connectivity index (χ1v) is 6.08. The number of nitrogens with zero attached hydrogens (tertiary/aromatic N) is 1. The van der Waals surface area contributed by atoms with Gasteiger partial charge in [0.25, 0.3) is 0 Å². The number of anilines is 2. The zero-order valence-electron chi connectivity index (χ0n) is 11.4. The molecule has 20 heavy (non-hydrogen) atoms. The molecule has 1 rings (SSSR count). The van der Waals surface area contributed by atoms with Crippen LogP contribution < -0.4 is 11.1 Å². The van der Waals surface area contributed by atoms with Gasteiger partial charge in [-0.1, -0.05) is 6.07 Å². The molecular formula is C13H18F3N3O. The molecule has 1 aromatic carbocycles. The van der Waals surface area contributed by atoms with Crippen LogP contribution in [0.4, 0.5) is 24.5 Å². The average Bonchev–Trinajstić information content (AvgIpc) is 2.30. The predicted octanol–water partition coefficient (Wildman–Crippen LogP) is 2.40. The molecule has 0 atom stereocenters. The largest absolute Gasteiger partial charge is 0.398 e. The normalized spacial score (nSPS) is 11.7. The lowest BCUT2D eigenvalue weighted by molar-refractivity contribution is -0.138. The van der Waals surface area contributed by atoms with Crippen molar-refractivity contribution in [1.29, 1.82) is 0 Å². The van der Waals surface area contributed by atoms with Crippen LogP contribution in [0.2, 0.25) is 0 Å². The van der Waals surface area contributed by atoms with Crippen molar-refractivity contribution in [1.82, 2.24) is 4.90 Å². The summed E-state index contributed by atoms with van der Waals surface area (Å²) in [5.41, 5.74) is 7.68. The summed E-state index contributed by atoms with van der Waals surface area (Å²) in [4.78, 5) is 13.0. The minimum atomic E-state index is -4.21. The van der Waals surface area contributed by atoms with Crippen molar-refractivity contribution in [3.05, 3.63) is 23.8 Å². The van der Waals surface area contributed by atoms with Crippen LogP contribution in [0.25, 0.3) is 0 Å². The van der Waals surface area contributed by atoms with Crippen molar-refractivity contribution >= 4 is 17.3 Å². The number of nitrogens with one attached hydrogen (secondary N) is 1. The molecule has 4 nitrogen and oxygen atoms in total. The number of likely N-dealkylation sites (N-methyl/N-ethyl adjacent to an activating group) is 1. The van der Waals surface area contributed by atoms with Crippen LogP contribution in [0.15, 0.2) is 18.2 Å². The number of hydrogen-bond donors (Lipinski definition) is 2. The Kier molecular flexibility index (Phi) is 5.38. The quantitative estimate of drug-likeness (QED) is 0.818. The summed E-state index contributed by atoms with van der Waals surface area (Å²) in [7, 11) is 1.47. The third kappa shape index (κ3) is 5.92. The number of hydrogen-bond acceptors (Lipinski definition) is 3. The summed E-state index contributed by atoms with van der Waals surface area (Å²) in [6.07, 6.45) is -5.15. The fraction of sp³-hybridized carbons (Fsp3) is 0.462. The molecule has 0 unspecified atom stereocenters. The van der Waals surface area contributed by atoms with Crippen molar-refractivity contribution in [3.8, 4) is 0 Å². The maximum Gasteiger partial charge on any atom is 0.390 e. The molecule has 0 spiro atoms. The monoisotopic (exact) mass is 289 g/mol. The second-order valence-electron chi connectivity index (χ2n) is 4.72. The van der Waals surface area contributed by atoms with Crippen LogP contribution in [-0.4, -0.2) is 37.1 Å². The Balaban J connectivity index is 2.45. The predicted molar refractivity (Wildman–Crippen MR) is 72.4 cm³/mol. The van der Waals surface area contributed by atoms with Crippen molar-refractivity contribution in [2.45, 2.75) is 19.5 Å². The molecule has 1 aromatic rings. The summed E-state index contributed by atoms with van der Waals surface area (Å²) in [6, 6.07) is 5.07. The van der Waals surface area contributed by atoms with Gasteiger partial charge in [0.2, 0.25) is 5.91 Å². The van der Waals surface area contributed by atoms with Gasteiger partial charge in [0.15, 0.2) is 0 Å². The van der Waals surface area contributed by atoms with Crippen molar-refractivity contribution in [2.24, 2.45) is 0 Å². The van der Waals surface area contributed by atoms with E-state index >= 15 is 0 Å². The zero-order chi connectivity index (χ0) is 15.3. The number of rotatable bonds is 5. The van der Waals surface area contributed by atoms with Gasteiger partial charge in [-0.05, 0) is 31.7 Å². The highest BCUT2D eigenvalue weighted by atomic mass is 19.4. The van der Waals surface area contributed by atoms with Gasteiger partial charge < -0.3 is 11.1 Å². The maximum absolute atomic E-state index is 12.0. The first-order chi connectivity index (χ1) is 9.17. The van der Waals surface area contributed by atoms with Gasteiger partial charge in [-0.2, -0.15) is 13.2 Å². The van der Waals surface area contributed by atoms with Crippen LogP contribution in [0.3, 0.4) is 0 Å². The summed E-state index contributed by atoms with van der Waals surface area (Å²) < 4.78 is 36.1. The second-order valence-corrected chi connectivity index (χ2v) is 4.72. The van der Waals surface area contributed by atoms with Gasteiger partial charge >= 0.3 is 6.18 Å². The molecule has 112 valence electrons. The first kappa shape index (κ1) is 16.3. The van der Waals surface area contributed by atoms with Gasteiger partial charge in [-0.3, -0.25) is 9.69 Å². The van der Waals surface area contributed by atoms with Crippen molar-refractivity contribution in [3.63, 3.8) is 0 Å². The summed E-state index contributed by atoms with van der Waals surface area (Å²) in [5.74, 6) is -0.377. The fourth-order valence-electron chi connectivity index (χ4n) is 1.56. The summed E-state index contributed by atoms with van der Waals surface area (Å²) in [5, 5.41) is 2.60. The molecule has 0 aliphatic carbocycles. The van der Waals surface area contributed by atoms with E-state index in [1.807, 2.05) is 6.92 Å². The highest BCUT2D eigenvalue weighted by Gasteiger charge is 2.27. The Hall–Kier alpha value is -1.76. The van der Waals surface area contributed by atoms with Gasteiger partial charge in [0.05, 0.1) is 13.0 Å². The lowest BCUT2D eigenvalue weighted by Crippen LogP contribution is -2.32. The highest BCUT2D eigenvalue weighted by Crippen LogP contribution is 2.19. The Morgan fingerprint density at radius 3 is 2.60 bits per heavy atom. The first-order valence-electron chi connectivity index (χ1n) is 6.08. The number of aryl methyl sites for hydroxylation is 1. The number of carbonyl (C=O) groups is 1. The number of nitrogens with two attached hydrogens (primary N) is 1. The minimum absolute atomic E-state index is 0.107. The Morgan fingerprint density at radius 2 is 2.05 bits per heavy atom. The van der Waals surface area contributed by atoms with E-state index in [-0.39, 0.29) is 19.0 Å². The Bertz CT molecular complexity index is 474. The summed E-state index contributed by atoms with van der Waals surface area (Å²) in [6.45, 7) is 1.52. The van der Waals surface area contributed by atoms with E-state index in [4.69, 9.17) is 5.73 Å². The molecule has 0 saturated carbocycles. The lowest BCUT2D eigenvalue weighted by atomic mass is 10.2. The van der Waals surface area contributed by atoms with Crippen LogP contribution in [0.5, 0.6) is 0 Å². The molecular weight excluding hydrogens is 271 g/mol. The lowest BCUT2D eigenvalue weighted by Gasteiger charge is -2.17. The number of nitrogen functional groups attached to an aromatic ring is 1. The average molecular weight is 289 g/mol. The second kappa shape index (κ2) is 6.60. The summed E-state index contributed by atoms with van der Waals surface area (Å²) >= 11 is 0. The Morgan fingerprint density at radius 1 is 1.40 bits per heavy atom. The molecule has 7 heteroatoms. The van der Waals surface area contributed by atoms with Crippen molar-refractivity contribution < 1.29 is 18.0 Å². The number of halogens is 3. The number of benzene rings is 1. The van der Waals surface area contributed by atoms with Crippen LogP contribution in [-0.2, 0) is 4.79 Å². The van der Waals surface area contributed by atoms with E-state index in [0.29, 0.717) is 11.4 Å². The third-order valence-corrected chi connectivity index (χ3v) is 2.75. The fourth-order valence-corrected chi connectivity index (χ4v) is 1.56. The molecule has 0 fully saturated rings. The third-order valence-electron chi connectivity index (χ3n) is 2.75. The van der Waals surface area contributed by atoms with Crippen LogP contribution >= 0.6 is 0 Å². The van der Waals surface area contributed by atoms with Gasteiger partial charge in [-0.15, -0.1) is 0 Å². The van der Waals surface area contributed by atoms with E-state index in [2.05, 4.69) is 5.32 Å². The Labute approximate surface area is 115 Å². The molecule has 0 saturated heterocycles. The molecule has 0 radical (unpaired) electrons. The number of carbonyl (C=O) groups excluding carboxylic acids is 1. The van der Waals surface area contributed by atoms with E-state index in [1.165, 1.54) is 11.9 Å². The molecule has 0 aromatic heterocycles. The number of alkyl halides is 3. The molecule has 0 aliphatic rings. The van der Waals surface area contributed by atoms with Gasteiger partial charge in [-0.25, -0.2) is 0 Å². The van der Waals surface area contributed by atoms with E-state index < -0.39 is 12.6 Å². The molecule has 0 aliphatic heterocycles. The van der Waals surface area contributed by atoms with E-state index in [0.717, 1.165) is 5.56 Å². The van der Waals surface area contributed by atoms with Crippen LogP contribution in [0.1, 0.15) is 12.0 Å². The zero-order valence-corrected chi connectivity index (χ0v) is 11.4. The molecule has 0 bridgehead atoms. The van der Waals surface area contributed by atoms with Crippen LogP contribution in [0, 0.1) is 6.92 Å². The maximum atomic E-state index is 12.0. The standard InChI is InChI=1S/C13H18F3N3O/c1-9-3-4-10(7-11(9)17)18-12(20)8-19(2)6-5-13(14,15)16/h3-4,7H,5-6,8,17H2,1-2H3,(H,18,20). The molecule has 1 amide bonds. The minimum Gasteiger partial charge on any atom is -0.398 e. The SMILES string of the molecule is Cc1ccc(NC(=O)CN(C)CCC(F)(F)F)cc1N.